The molecule has 1 N–H and O–H groups in total. The Labute approximate surface area is 172 Å². The maximum atomic E-state index is 12.9. The highest BCUT2D eigenvalue weighted by Crippen LogP contribution is 2.24. The molecule has 0 spiro atoms. The first-order chi connectivity index (χ1) is 14.8. The molecule has 1 aliphatic heterocycles. The Morgan fingerprint density at radius 2 is 2.00 bits per heavy atom. The molecule has 0 radical (unpaired) electrons. The number of benzene rings is 1. The second-order valence-electron chi connectivity index (χ2n) is 7.26. The fourth-order valence-corrected chi connectivity index (χ4v) is 3.76. The molecule has 1 fully saturated rings. The molecule has 1 amide bonds. The van der Waals surface area contributed by atoms with Crippen molar-refractivity contribution in [1.82, 2.24) is 29.7 Å². The number of hydrogen-bond acceptors (Lipinski definition) is 7. The molecule has 1 saturated heterocycles. The van der Waals surface area contributed by atoms with Crippen molar-refractivity contribution in [3.63, 3.8) is 0 Å². The van der Waals surface area contributed by atoms with Gasteiger partial charge in [-0.15, -0.1) is 0 Å². The predicted octanol–water partition coefficient (Wildman–Crippen LogP) is 2.46. The second kappa shape index (κ2) is 7.86. The summed E-state index contributed by atoms with van der Waals surface area (Å²) in [5.74, 6) is 1.33. The minimum absolute atomic E-state index is 0.0218. The van der Waals surface area contributed by atoms with Gasteiger partial charge in [-0.1, -0.05) is 6.07 Å². The molecule has 5 rings (SSSR count). The number of fused-ring (bicyclic) bond motifs is 1. The second-order valence-corrected chi connectivity index (χ2v) is 7.26. The number of anilines is 2. The third kappa shape index (κ3) is 3.69. The van der Waals surface area contributed by atoms with E-state index in [-0.39, 0.29) is 11.8 Å². The van der Waals surface area contributed by atoms with Crippen molar-refractivity contribution >= 4 is 28.3 Å². The molecule has 150 valence electrons. The van der Waals surface area contributed by atoms with Gasteiger partial charge in [-0.25, -0.2) is 19.6 Å². The lowest BCUT2D eigenvalue weighted by atomic mass is 9.97. The van der Waals surface area contributed by atoms with Gasteiger partial charge in [-0.2, -0.15) is 5.10 Å². The number of amides is 1. The topological polar surface area (TPSA) is 102 Å². The normalized spacial score (nSPS) is 16.5. The molecule has 9 heteroatoms. The summed E-state index contributed by atoms with van der Waals surface area (Å²) in [5, 5.41) is 8.18. The van der Waals surface area contributed by atoms with E-state index in [9.17, 15) is 4.79 Å². The monoisotopic (exact) mass is 400 g/mol. The van der Waals surface area contributed by atoms with E-state index in [1.807, 2.05) is 36.4 Å². The predicted molar refractivity (Wildman–Crippen MR) is 112 cm³/mol. The van der Waals surface area contributed by atoms with Gasteiger partial charge in [-0.3, -0.25) is 9.78 Å². The Hall–Kier alpha value is -3.88. The van der Waals surface area contributed by atoms with Crippen LogP contribution in [0.3, 0.4) is 0 Å². The molecule has 4 aromatic rings. The van der Waals surface area contributed by atoms with Crippen molar-refractivity contribution < 1.29 is 4.79 Å². The average molecular weight is 400 g/mol. The molecule has 1 unspecified atom stereocenters. The first kappa shape index (κ1) is 18.2. The van der Waals surface area contributed by atoms with Crippen molar-refractivity contribution in [1.29, 1.82) is 0 Å². The van der Waals surface area contributed by atoms with Gasteiger partial charge in [0.15, 0.2) is 5.82 Å². The van der Waals surface area contributed by atoms with Gasteiger partial charge in [0.2, 0.25) is 5.91 Å². The molecule has 1 aliphatic rings. The molecule has 0 aliphatic carbocycles. The van der Waals surface area contributed by atoms with Gasteiger partial charge in [-0.05, 0) is 37.1 Å². The van der Waals surface area contributed by atoms with E-state index < -0.39 is 0 Å². The highest BCUT2D eigenvalue weighted by molar-refractivity contribution is 5.95. The fourth-order valence-electron chi connectivity index (χ4n) is 3.76. The molecule has 0 bridgehead atoms. The van der Waals surface area contributed by atoms with Crippen LogP contribution in [-0.2, 0) is 4.79 Å². The third-order valence-corrected chi connectivity index (χ3v) is 5.28. The quantitative estimate of drug-likeness (QED) is 0.561. The summed E-state index contributed by atoms with van der Waals surface area (Å²) in [6.07, 6.45) is 8.10. The van der Waals surface area contributed by atoms with Gasteiger partial charge in [0.1, 0.15) is 24.8 Å². The maximum Gasteiger partial charge on any atom is 0.229 e. The van der Waals surface area contributed by atoms with Gasteiger partial charge in [0.25, 0.3) is 0 Å². The van der Waals surface area contributed by atoms with E-state index in [2.05, 4.69) is 35.3 Å². The van der Waals surface area contributed by atoms with Gasteiger partial charge >= 0.3 is 0 Å². The van der Waals surface area contributed by atoms with Crippen LogP contribution in [-0.4, -0.2) is 48.7 Å². The van der Waals surface area contributed by atoms with E-state index in [0.29, 0.717) is 12.4 Å². The number of piperidine rings is 1. The maximum absolute atomic E-state index is 12.9. The van der Waals surface area contributed by atoms with Crippen LogP contribution < -0.4 is 10.2 Å². The lowest BCUT2D eigenvalue weighted by molar-refractivity contribution is -0.120. The van der Waals surface area contributed by atoms with Crippen LogP contribution in [0, 0.1) is 5.92 Å². The van der Waals surface area contributed by atoms with Crippen LogP contribution in [0.15, 0.2) is 61.6 Å². The smallest absolute Gasteiger partial charge is 0.229 e. The summed E-state index contributed by atoms with van der Waals surface area (Å²) in [4.78, 5) is 32.0. The number of hydrogen-bond donors (Lipinski definition) is 1. The number of rotatable bonds is 4. The number of carbonyl (C=O) groups excluding carboxylic acids is 1. The van der Waals surface area contributed by atoms with Gasteiger partial charge in [0.05, 0.1) is 11.4 Å². The number of nitrogens with one attached hydrogen (secondary N) is 1. The van der Waals surface area contributed by atoms with E-state index in [1.54, 1.807) is 17.2 Å². The van der Waals surface area contributed by atoms with Crippen LogP contribution in [0.5, 0.6) is 0 Å². The van der Waals surface area contributed by atoms with E-state index in [4.69, 9.17) is 0 Å². The Morgan fingerprint density at radius 1 is 1.07 bits per heavy atom. The van der Waals surface area contributed by atoms with Crippen LogP contribution in [0.2, 0.25) is 0 Å². The summed E-state index contributed by atoms with van der Waals surface area (Å²) in [6.45, 7) is 1.45. The average Bonchev–Trinajstić information content (AvgIpc) is 3.34. The van der Waals surface area contributed by atoms with Crippen molar-refractivity contribution in [2.45, 2.75) is 12.8 Å². The number of carbonyl (C=O) groups is 1. The zero-order valence-electron chi connectivity index (χ0n) is 16.2. The number of aromatic nitrogens is 6. The summed E-state index contributed by atoms with van der Waals surface area (Å²) in [6, 6.07) is 11.5. The Bertz CT molecular complexity index is 1180. The molecule has 1 aromatic carbocycles. The van der Waals surface area contributed by atoms with Crippen LogP contribution >= 0.6 is 0 Å². The van der Waals surface area contributed by atoms with Crippen LogP contribution in [0.25, 0.3) is 16.7 Å². The molecule has 3 aromatic heterocycles. The summed E-state index contributed by atoms with van der Waals surface area (Å²) in [5.41, 5.74) is 1.69. The van der Waals surface area contributed by atoms with Crippen molar-refractivity contribution in [3.05, 3.63) is 61.6 Å². The summed E-state index contributed by atoms with van der Waals surface area (Å²) >= 11 is 0. The Kier molecular flexibility index (Phi) is 4.76. The molecule has 4 heterocycles. The van der Waals surface area contributed by atoms with E-state index in [0.717, 1.165) is 41.8 Å². The zero-order chi connectivity index (χ0) is 20.3. The fraction of sp³-hybridized carbons (Fsp3) is 0.238. The summed E-state index contributed by atoms with van der Waals surface area (Å²) < 4.78 is 1.59. The van der Waals surface area contributed by atoms with Crippen molar-refractivity contribution in [3.8, 4) is 5.82 Å². The van der Waals surface area contributed by atoms with Crippen molar-refractivity contribution in [2.24, 2.45) is 5.92 Å². The van der Waals surface area contributed by atoms with Crippen LogP contribution in [0.1, 0.15) is 12.8 Å². The minimum atomic E-state index is -0.117. The van der Waals surface area contributed by atoms with E-state index >= 15 is 0 Å². The standard InChI is InChI=1S/C21H20N8O/c30-21(27-17-5-6-18-15(9-17)3-1-7-23-18)16-4-2-8-28(11-16)19-10-20(25-13-24-19)29-14-22-12-26-29/h1,3,5-7,9-10,12-14,16H,2,4,8,11H2,(H,27,30). The van der Waals surface area contributed by atoms with Crippen molar-refractivity contribution in [2.75, 3.05) is 23.3 Å². The van der Waals surface area contributed by atoms with Crippen LogP contribution in [0.4, 0.5) is 11.5 Å². The molecular weight excluding hydrogens is 380 g/mol. The Balaban J connectivity index is 1.30. The minimum Gasteiger partial charge on any atom is -0.356 e. The molecule has 30 heavy (non-hydrogen) atoms. The lowest BCUT2D eigenvalue weighted by Crippen LogP contribution is -2.41. The lowest BCUT2D eigenvalue weighted by Gasteiger charge is -2.32. The van der Waals surface area contributed by atoms with E-state index in [1.165, 1.54) is 12.7 Å². The SMILES string of the molecule is O=C(Nc1ccc2ncccc2c1)C1CCCN(c2cc(-n3cncn3)ncn2)C1. The summed E-state index contributed by atoms with van der Waals surface area (Å²) in [7, 11) is 0. The first-order valence-electron chi connectivity index (χ1n) is 9.84. The highest BCUT2D eigenvalue weighted by atomic mass is 16.1. The number of pyridine rings is 1. The van der Waals surface area contributed by atoms with Gasteiger partial charge in [0, 0.05) is 36.4 Å². The highest BCUT2D eigenvalue weighted by Gasteiger charge is 2.27. The molecule has 9 nitrogen and oxygen atoms in total. The van der Waals surface area contributed by atoms with Gasteiger partial charge < -0.3 is 10.2 Å². The largest absolute Gasteiger partial charge is 0.356 e. The number of nitrogens with zero attached hydrogens (tertiary/aromatic N) is 7. The Morgan fingerprint density at radius 3 is 2.90 bits per heavy atom. The zero-order valence-corrected chi connectivity index (χ0v) is 16.2. The molecular formula is C21H20N8O. The third-order valence-electron chi connectivity index (χ3n) is 5.28. The first-order valence-corrected chi connectivity index (χ1v) is 9.84. The molecule has 1 atom stereocenters. The molecule has 0 saturated carbocycles.